The van der Waals surface area contributed by atoms with Crippen molar-refractivity contribution in [2.45, 2.75) is 89.7 Å². The van der Waals surface area contributed by atoms with Crippen molar-refractivity contribution < 1.29 is 29.9 Å². The summed E-state index contributed by atoms with van der Waals surface area (Å²) < 4.78 is 11.3. The Balaban J connectivity index is 2.64. The molecule has 1 unspecified atom stereocenters. The van der Waals surface area contributed by atoms with Crippen LogP contribution in [0.3, 0.4) is 0 Å². The second-order valence-electron chi connectivity index (χ2n) is 7.74. The van der Waals surface area contributed by atoms with E-state index in [-0.39, 0.29) is 0 Å². The number of allylic oxidation sites excluding steroid dienone is 4. The van der Waals surface area contributed by atoms with Crippen LogP contribution in [-0.4, -0.2) is 63.3 Å². The average Bonchev–Trinajstić information content (AvgIpc) is 2.62. The van der Waals surface area contributed by atoms with Crippen molar-refractivity contribution in [1.29, 1.82) is 0 Å². The van der Waals surface area contributed by atoms with Gasteiger partial charge >= 0.3 is 0 Å². The molecule has 1 rings (SSSR count). The van der Waals surface area contributed by atoms with Crippen molar-refractivity contribution >= 4 is 0 Å². The molecule has 6 heteroatoms. The summed E-state index contributed by atoms with van der Waals surface area (Å²) in [6.45, 7) is 11.4. The fraction of sp³-hybridized carbons (Fsp3) is 0.714. The Labute approximate surface area is 162 Å². The van der Waals surface area contributed by atoms with Gasteiger partial charge in [0.1, 0.15) is 24.4 Å². The average molecular weight is 385 g/mol. The molecule has 0 radical (unpaired) electrons. The fourth-order valence-corrected chi connectivity index (χ4v) is 2.93. The van der Waals surface area contributed by atoms with E-state index in [2.05, 4.69) is 39.5 Å². The standard InChI is InChI=1S/C21H36O6/c1-6-21(5,12-8-11-15(4)10-7-9-14(2)3)27-20-19(25)18(24)17(23)16(13-22)26-20/h6,9,11,16-20,22-25H,1,7-8,10,12-13H2,2-5H3/b15-11+/t16-,17-,18+,19-,20+,21?/m1/s1. The molecule has 156 valence electrons. The molecule has 1 aliphatic heterocycles. The first-order chi connectivity index (χ1) is 12.6. The van der Waals surface area contributed by atoms with Gasteiger partial charge in [-0.3, -0.25) is 0 Å². The van der Waals surface area contributed by atoms with Crippen molar-refractivity contribution in [1.82, 2.24) is 0 Å². The van der Waals surface area contributed by atoms with E-state index in [1.165, 1.54) is 11.1 Å². The smallest absolute Gasteiger partial charge is 0.187 e. The van der Waals surface area contributed by atoms with Gasteiger partial charge < -0.3 is 29.9 Å². The molecule has 1 heterocycles. The lowest BCUT2D eigenvalue weighted by molar-refractivity contribution is -0.319. The van der Waals surface area contributed by atoms with Gasteiger partial charge in [0.2, 0.25) is 0 Å². The van der Waals surface area contributed by atoms with Gasteiger partial charge in [-0.05, 0) is 53.4 Å². The first kappa shape index (κ1) is 24.0. The van der Waals surface area contributed by atoms with Crippen LogP contribution in [0.1, 0.15) is 53.4 Å². The van der Waals surface area contributed by atoms with E-state index >= 15 is 0 Å². The second-order valence-corrected chi connectivity index (χ2v) is 7.74. The Morgan fingerprint density at radius 1 is 1.07 bits per heavy atom. The molecule has 0 aromatic heterocycles. The summed E-state index contributed by atoms with van der Waals surface area (Å²) in [6, 6.07) is 0. The van der Waals surface area contributed by atoms with Gasteiger partial charge in [-0.15, -0.1) is 6.58 Å². The van der Waals surface area contributed by atoms with Gasteiger partial charge in [0.25, 0.3) is 0 Å². The highest BCUT2D eigenvalue weighted by Crippen LogP contribution is 2.29. The Kier molecular flexibility index (Phi) is 9.87. The van der Waals surface area contributed by atoms with Crippen molar-refractivity contribution in [2.75, 3.05) is 6.61 Å². The molecule has 0 bridgehead atoms. The largest absolute Gasteiger partial charge is 0.394 e. The van der Waals surface area contributed by atoms with Crippen molar-refractivity contribution in [2.24, 2.45) is 0 Å². The van der Waals surface area contributed by atoms with Gasteiger partial charge in [-0.2, -0.15) is 0 Å². The highest BCUT2D eigenvalue weighted by Gasteiger charge is 2.45. The molecule has 4 N–H and O–H groups in total. The Hall–Kier alpha value is -1.02. The fourth-order valence-electron chi connectivity index (χ4n) is 2.93. The van der Waals surface area contributed by atoms with Gasteiger partial charge in [0, 0.05) is 0 Å². The second kappa shape index (κ2) is 11.1. The summed E-state index contributed by atoms with van der Waals surface area (Å²) in [6.07, 6.45) is 3.01. The molecule has 1 aliphatic rings. The van der Waals surface area contributed by atoms with Crippen LogP contribution < -0.4 is 0 Å². The zero-order chi connectivity index (χ0) is 20.6. The van der Waals surface area contributed by atoms with Crippen LogP contribution in [0.25, 0.3) is 0 Å². The molecule has 0 aromatic rings. The third-order valence-corrected chi connectivity index (χ3v) is 4.89. The number of ether oxygens (including phenoxy) is 2. The lowest BCUT2D eigenvalue weighted by Crippen LogP contribution is -2.60. The lowest BCUT2D eigenvalue weighted by Gasteiger charge is -2.42. The van der Waals surface area contributed by atoms with Gasteiger partial charge in [0.15, 0.2) is 6.29 Å². The zero-order valence-electron chi connectivity index (χ0n) is 17.0. The summed E-state index contributed by atoms with van der Waals surface area (Å²) in [5, 5.41) is 39.2. The van der Waals surface area contributed by atoms with Crippen LogP contribution in [-0.2, 0) is 9.47 Å². The molecular weight excluding hydrogens is 348 g/mol. The van der Waals surface area contributed by atoms with Crippen LogP contribution in [0.2, 0.25) is 0 Å². The minimum Gasteiger partial charge on any atom is -0.394 e. The van der Waals surface area contributed by atoms with E-state index in [1.807, 2.05) is 6.92 Å². The van der Waals surface area contributed by atoms with E-state index in [4.69, 9.17) is 9.47 Å². The predicted octanol–water partition coefficient (Wildman–Crippen LogP) is 2.22. The molecule has 0 amide bonds. The summed E-state index contributed by atoms with van der Waals surface area (Å²) >= 11 is 0. The SMILES string of the molecule is C=CC(C)(CC/C=C(\C)CCC=C(C)C)O[C@@H]1O[C@H](CO)[C@@H](O)[C@H](O)[C@H]1O. The topological polar surface area (TPSA) is 99.4 Å². The first-order valence-electron chi connectivity index (χ1n) is 9.54. The number of aliphatic hydroxyl groups excluding tert-OH is 4. The van der Waals surface area contributed by atoms with Crippen molar-refractivity contribution in [3.63, 3.8) is 0 Å². The monoisotopic (exact) mass is 384 g/mol. The summed E-state index contributed by atoms with van der Waals surface area (Å²) in [5.41, 5.74) is 1.83. The van der Waals surface area contributed by atoms with Crippen molar-refractivity contribution in [3.8, 4) is 0 Å². The highest BCUT2D eigenvalue weighted by atomic mass is 16.7. The van der Waals surface area contributed by atoms with E-state index in [1.54, 1.807) is 6.08 Å². The third kappa shape index (κ3) is 7.49. The molecule has 0 spiro atoms. The van der Waals surface area contributed by atoms with E-state index in [0.29, 0.717) is 6.42 Å². The lowest BCUT2D eigenvalue weighted by atomic mass is 9.96. The van der Waals surface area contributed by atoms with E-state index in [9.17, 15) is 20.4 Å². The normalized spacial score (nSPS) is 31.3. The molecule has 27 heavy (non-hydrogen) atoms. The quantitative estimate of drug-likeness (QED) is 0.431. The number of hydrogen-bond donors (Lipinski definition) is 4. The molecule has 6 nitrogen and oxygen atoms in total. The van der Waals surface area contributed by atoms with Crippen LogP contribution in [0.5, 0.6) is 0 Å². The van der Waals surface area contributed by atoms with Crippen LogP contribution in [0.4, 0.5) is 0 Å². The Morgan fingerprint density at radius 2 is 1.74 bits per heavy atom. The molecule has 0 saturated carbocycles. The third-order valence-electron chi connectivity index (χ3n) is 4.89. The zero-order valence-corrected chi connectivity index (χ0v) is 17.0. The van der Waals surface area contributed by atoms with Crippen LogP contribution in [0, 0.1) is 0 Å². The van der Waals surface area contributed by atoms with E-state index < -0.39 is 42.9 Å². The molecule has 6 atom stereocenters. The Bertz CT molecular complexity index is 523. The minimum atomic E-state index is -1.45. The summed E-state index contributed by atoms with van der Waals surface area (Å²) in [4.78, 5) is 0. The van der Waals surface area contributed by atoms with Crippen LogP contribution in [0.15, 0.2) is 36.0 Å². The van der Waals surface area contributed by atoms with Crippen LogP contribution >= 0.6 is 0 Å². The summed E-state index contributed by atoms with van der Waals surface area (Å²) in [7, 11) is 0. The molecule has 1 fully saturated rings. The van der Waals surface area contributed by atoms with Gasteiger partial charge in [0.05, 0.1) is 12.2 Å². The number of rotatable bonds is 10. The first-order valence-corrected chi connectivity index (χ1v) is 9.54. The minimum absolute atomic E-state index is 0.483. The maximum Gasteiger partial charge on any atom is 0.187 e. The maximum absolute atomic E-state index is 10.1. The van der Waals surface area contributed by atoms with E-state index in [0.717, 1.165) is 19.3 Å². The molecule has 1 saturated heterocycles. The molecule has 0 aliphatic carbocycles. The molecule has 0 aromatic carbocycles. The Morgan fingerprint density at radius 3 is 2.30 bits per heavy atom. The van der Waals surface area contributed by atoms with Gasteiger partial charge in [-0.1, -0.05) is 29.4 Å². The number of aliphatic hydroxyl groups is 4. The number of hydrogen-bond acceptors (Lipinski definition) is 6. The molecular formula is C21H36O6. The van der Waals surface area contributed by atoms with Crippen molar-refractivity contribution in [3.05, 3.63) is 36.0 Å². The maximum atomic E-state index is 10.1. The highest BCUT2D eigenvalue weighted by molar-refractivity contribution is 5.04. The van der Waals surface area contributed by atoms with Gasteiger partial charge in [-0.25, -0.2) is 0 Å². The summed E-state index contributed by atoms with van der Waals surface area (Å²) in [5.74, 6) is 0. The predicted molar refractivity (Wildman–Crippen MR) is 105 cm³/mol.